The van der Waals surface area contributed by atoms with Gasteiger partial charge in [-0.25, -0.2) is 0 Å². The summed E-state index contributed by atoms with van der Waals surface area (Å²) in [6, 6.07) is 3.09. The first kappa shape index (κ1) is 16.0. The van der Waals surface area contributed by atoms with Crippen LogP contribution in [-0.4, -0.2) is 20.9 Å². The summed E-state index contributed by atoms with van der Waals surface area (Å²) in [5.41, 5.74) is 6.45. The minimum absolute atomic E-state index is 0.197. The molecule has 0 fully saturated rings. The van der Waals surface area contributed by atoms with Crippen molar-refractivity contribution in [2.24, 2.45) is 7.05 Å². The zero-order valence-electron chi connectivity index (χ0n) is 11.4. The van der Waals surface area contributed by atoms with E-state index in [-0.39, 0.29) is 11.2 Å². The van der Waals surface area contributed by atoms with Crippen LogP contribution in [0.15, 0.2) is 29.4 Å². The number of benzene rings is 1. The Hall–Kier alpha value is -1.37. The van der Waals surface area contributed by atoms with Crippen molar-refractivity contribution in [1.29, 1.82) is 0 Å². The van der Waals surface area contributed by atoms with Crippen molar-refractivity contribution in [1.82, 2.24) is 9.78 Å². The van der Waals surface area contributed by atoms with Crippen LogP contribution in [0, 0.1) is 0 Å². The van der Waals surface area contributed by atoms with E-state index in [1.807, 2.05) is 13.2 Å². The number of nitrogens with one attached hydrogen (secondary N) is 1. The lowest BCUT2D eigenvalue weighted by molar-refractivity contribution is -0.115. The summed E-state index contributed by atoms with van der Waals surface area (Å²) in [7, 11) is 1.82. The highest BCUT2D eigenvalue weighted by molar-refractivity contribution is 8.00. The van der Waals surface area contributed by atoms with Crippen LogP contribution in [0.3, 0.4) is 0 Å². The molecule has 8 heteroatoms. The Labute approximate surface area is 136 Å². The van der Waals surface area contributed by atoms with Crippen molar-refractivity contribution in [3.05, 3.63) is 34.6 Å². The van der Waals surface area contributed by atoms with Crippen LogP contribution in [0.4, 0.5) is 11.4 Å². The van der Waals surface area contributed by atoms with Crippen LogP contribution >= 0.6 is 35.0 Å². The van der Waals surface area contributed by atoms with Crippen LogP contribution < -0.4 is 11.1 Å². The third-order valence-corrected chi connectivity index (χ3v) is 4.32. The van der Waals surface area contributed by atoms with E-state index < -0.39 is 0 Å². The van der Waals surface area contributed by atoms with Gasteiger partial charge in [-0.1, -0.05) is 23.2 Å². The molecule has 1 aromatic heterocycles. The van der Waals surface area contributed by atoms with Gasteiger partial charge in [-0.05, 0) is 19.1 Å². The quantitative estimate of drug-likeness (QED) is 0.658. The molecule has 1 aromatic carbocycles. The Morgan fingerprint density at radius 1 is 1.43 bits per heavy atom. The topological polar surface area (TPSA) is 72.9 Å². The number of amides is 1. The van der Waals surface area contributed by atoms with E-state index in [9.17, 15) is 4.79 Å². The van der Waals surface area contributed by atoms with Gasteiger partial charge >= 0.3 is 0 Å². The number of anilines is 2. The van der Waals surface area contributed by atoms with E-state index in [4.69, 9.17) is 28.9 Å². The Balaban J connectivity index is 2.07. The molecule has 0 aliphatic heterocycles. The van der Waals surface area contributed by atoms with Crippen molar-refractivity contribution in [2.45, 2.75) is 17.1 Å². The first-order chi connectivity index (χ1) is 9.86. The molecule has 0 aliphatic rings. The Morgan fingerprint density at radius 2 is 2.05 bits per heavy atom. The third kappa shape index (κ3) is 4.06. The number of hydrogen-bond donors (Lipinski definition) is 2. The van der Waals surface area contributed by atoms with Crippen LogP contribution in [0.2, 0.25) is 10.0 Å². The monoisotopic (exact) mass is 344 g/mol. The van der Waals surface area contributed by atoms with E-state index in [0.29, 0.717) is 21.4 Å². The Morgan fingerprint density at radius 3 is 2.57 bits per heavy atom. The molecular formula is C13H14Cl2N4OS. The number of nitrogens with two attached hydrogens (primary N) is 1. The number of hydrogen-bond acceptors (Lipinski definition) is 4. The second kappa shape index (κ2) is 6.60. The first-order valence-electron chi connectivity index (χ1n) is 6.07. The lowest BCUT2D eigenvalue weighted by atomic mass is 10.2. The number of nitrogens with zero attached hydrogens (tertiary/aromatic N) is 2. The predicted octanol–water partition coefficient (Wildman–Crippen LogP) is 3.43. The highest BCUT2D eigenvalue weighted by atomic mass is 35.5. The summed E-state index contributed by atoms with van der Waals surface area (Å²) >= 11 is 13.5. The molecule has 0 aliphatic carbocycles. The minimum Gasteiger partial charge on any atom is -0.399 e. The second-order valence-electron chi connectivity index (χ2n) is 4.46. The fourth-order valence-electron chi connectivity index (χ4n) is 1.65. The molecule has 2 aromatic rings. The third-order valence-electron chi connectivity index (χ3n) is 2.68. The van der Waals surface area contributed by atoms with Gasteiger partial charge < -0.3 is 11.1 Å². The summed E-state index contributed by atoms with van der Waals surface area (Å²) in [5, 5.41) is 7.09. The average Bonchev–Trinajstić information content (AvgIpc) is 2.78. The fourth-order valence-corrected chi connectivity index (χ4v) is 3.15. The summed E-state index contributed by atoms with van der Waals surface area (Å²) in [6.45, 7) is 1.80. The van der Waals surface area contributed by atoms with E-state index in [1.165, 1.54) is 11.8 Å². The van der Waals surface area contributed by atoms with E-state index in [0.717, 1.165) is 4.90 Å². The molecule has 112 valence electrons. The number of rotatable bonds is 4. The molecule has 2 rings (SSSR count). The smallest absolute Gasteiger partial charge is 0.237 e. The number of carbonyl (C=O) groups excluding carboxylic acids is 1. The maximum Gasteiger partial charge on any atom is 0.237 e. The summed E-state index contributed by atoms with van der Waals surface area (Å²) in [6.07, 6.45) is 3.55. The molecular weight excluding hydrogens is 331 g/mol. The normalized spacial score (nSPS) is 12.2. The van der Waals surface area contributed by atoms with Gasteiger partial charge in [0.15, 0.2) is 0 Å². The highest BCUT2D eigenvalue weighted by Gasteiger charge is 2.18. The minimum atomic E-state index is -0.320. The van der Waals surface area contributed by atoms with Crippen molar-refractivity contribution in [3.8, 4) is 0 Å². The summed E-state index contributed by atoms with van der Waals surface area (Å²) in [4.78, 5) is 13.1. The molecule has 3 N–H and O–H groups in total. The SMILES string of the molecule is CC(Sc1cnn(C)c1)C(=O)Nc1c(Cl)cc(N)cc1Cl. The maximum atomic E-state index is 12.2. The number of halogens is 2. The van der Waals surface area contributed by atoms with Gasteiger partial charge in [0.25, 0.3) is 0 Å². The molecule has 1 amide bonds. The number of aryl methyl sites for hydroxylation is 1. The Kier molecular flexibility index (Phi) is 5.03. The largest absolute Gasteiger partial charge is 0.399 e. The zero-order chi connectivity index (χ0) is 15.6. The van der Waals surface area contributed by atoms with Crippen LogP contribution in [-0.2, 0) is 11.8 Å². The van der Waals surface area contributed by atoms with Crippen molar-refractivity contribution in [2.75, 3.05) is 11.1 Å². The molecule has 0 bridgehead atoms. The molecule has 0 spiro atoms. The standard InChI is InChI=1S/C13H14Cl2N4OS/c1-7(21-9-5-17-19(2)6-9)13(20)18-12-10(14)3-8(16)4-11(12)15/h3-7H,16H2,1-2H3,(H,18,20). The molecule has 1 unspecified atom stereocenters. The number of nitrogen functional groups attached to an aromatic ring is 1. The van der Waals surface area contributed by atoms with Crippen molar-refractivity contribution < 1.29 is 4.79 Å². The average molecular weight is 345 g/mol. The summed E-state index contributed by atoms with van der Waals surface area (Å²) in [5.74, 6) is -0.197. The predicted molar refractivity (Wildman–Crippen MR) is 88.0 cm³/mol. The second-order valence-corrected chi connectivity index (χ2v) is 6.69. The van der Waals surface area contributed by atoms with E-state index in [2.05, 4.69) is 10.4 Å². The highest BCUT2D eigenvalue weighted by Crippen LogP contribution is 2.33. The van der Waals surface area contributed by atoms with Gasteiger partial charge in [0.1, 0.15) is 0 Å². The molecule has 1 heterocycles. The molecule has 1 atom stereocenters. The maximum absolute atomic E-state index is 12.2. The molecule has 0 radical (unpaired) electrons. The van der Waals surface area contributed by atoms with Crippen molar-refractivity contribution in [3.63, 3.8) is 0 Å². The van der Waals surface area contributed by atoms with Crippen LogP contribution in [0.1, 0.15) is 6.92 Å². The molecule has 0 saturated heterocycles. The Bertz CT molecular complexity index is 651. The van der Waals surface area contributed by atoms with Gasteiger partial charge in [-0.15, -0.1) is 11.8 Å². The molecule has 0 saturated carbocycles. The summed E-state index contributed by atoms with van der Waals surface area (Å²) < 4.78 is 1.68. The number of aromatic nitrogens is 2. The fraction of sp³-hybridized carbons (Fsp3) is 0.231. The van der Waals surface area contributed by atoms with Crippen LogP contribution in [0.25, 0.3) is 0 Å². The van der Waals surface area contributed by atoms with Gasteiger partial charge in [0.05, 0.1) is 27.2 Å². The van der Waals surface area contributed by atoms with Gasteiger partial charge in [0.2, 0.25) is 5.91 Å². The lowest BCUT2D eigenvalue weighted by Gasteiger charge is -2.13. The lowest BCUT2D eigenvalue weighted by Crippen LogP contribution is -2.22. The van der Waals surface area contributed by atoms with Gasteiger partial charge in [0, 0.05) is 23.8 Å². The van der Waals surface area contributed by atoms with Crippen molar-refractivity contribution >= 4 is 52.2 Å². The zero-order valence-corrected chi connectivity index (χ0v) is 13.8. The van der Waals surface area contributed by atoms with Gasteiger partial charge in [-0.3, -0.25) is 9.48 Å². The van der Waals surface area contributed by atoms with Gasteiger partial charge in [-0.2, -0.15) is 5.10 Å². The van der Waals surface area contributed by atoms with E-state index in [1.54, 1.807) is 29.9 Å². The van der Waals surface area contributed by atoms with E-state index >= 15 is 0 Å². The first-order valence-corrected chi connectivity index (χ1v) is 7.71. The molecule has 21 heavy (non-hydrogen) atoms. The number of carbonyl (C=O) groups is 1. The van der Waals surface area contributed by atoms with Crippen LogP contribution in [0.5, 0.6) is 0 Å². The number of thioether (sulfide) groups is 1. The molecule has 5 nitrogen and oxygen atoms in total.